The number of para-hydroxylation sites is 1. The van der Waals surface area contributed by atoms with Crippen molar-refractivity contribution < 1.29 is 22.0 Å². The van der Waals surface area contributed by atoms with E-state index in [-0.39, 0.29) is 4.21 Å². The molecule has 1 aromatic heterocycles. The largest absolute Gasteiger partial charge is 0.319 e. The van der Waals surface area contributed by atoms with Crippen LogP contribution in [0.15, 0.2) is 70.3 Å². The van der Waals surface area contributed by atoms with Gasteiger partial charge in [-0.05, 0) is 29.1 Å². The van der Waals surface area contributed by atoms with E-state index in [1.165, 1.54) is 6.07 Å². The molecular weight excluding hydrogens is 394 g/mol. The number of sulfonamides is 1. The highest BCUT2D eigenvalue weighted by atomic mass is 32.2. The molecule has 0 saturated heterocycles. The van der Waals surface area contributed by atoms with E-state index in [0.717, 1.165) is 29.5 Å². The Morgan fingerprint density at radius 2 is 1.59 bits per heavy atom. The molecule has 2 aromatic carbocycles. The maximum absolute atomic E-state index is 13.8. The Morgan fingerprint density at radius 1 is 0.926 bits per heavy atom. The zero-order chi connectivity index (χ0) is 19.4. The second kappa shape index (κ2) is 7.95. The van der Waals surface area contributed by atoms with Crippen molar-refractivity contribution in [3.05, 3.63) is 83.2 Å². The predicted molar refractivity (Wildman–Crippen MR) is 98.8 cm³/mol. The molecule has 27 heavy (non-hydrogen) atoms. The smallest absolute Gasteiger partial charge is 0.251 e. The minimum absolute atomic E-state index is 0.0216. The number of hydrogen-bond acceptors (Lipinski definition) is 4. The van der Waals surface area contributed by atoms with Gasteiger partial charge >= 0.3 is 0 Å². The van der Waals surface area contributed by atoms with Crippen molar-refractivity contribution in [2.75, 3.05) is 5.32 Å². The average Bonchev–Trinajstić information content (AvgIpc) is 3.19. The first-order valence-corrected chi connectivity index (χ1v) is 10.1. The molecule has 9 heteroatoms. The molecule has 1 amide bonds. The summed E-state index contributed by atoms with van der Waals surface area (Å²) in [6.07, 6.45) is 0. The van der Waals surface area contributed by atoms with Gasteiger partial charge in [-0.3, -0.25) is 4.79 Å². The summed E-state index contributed by atoms with van der Waals surface area (Å²) >= 11 is 0.985. The van der Waals surface area contributed by atoms with Gasteiger partial charge in [-0.15, -0.1) is 11.3 Å². The maximum Gasteiger partial charge on any atom is 0.251 e. The zero-order valence-corrected chi connectivity index (χ0v) is 15.4. The third-order valence-corrected chi connectivity index (χ3v) is 6.46. The van der Waals surface area contributed by atoms with Gasteiger partial charge in [-0.25, -0.2) is 17.2 Å². The van der Waals surface area contributed by atoms with E-state index < -0.39 is 39.3 Å². The summed E-state index contributed by atoms with van der Waals surface area (Å²) in [5, 5.41) is 3.72. The van der Waals surface area contributed by atoms with Gasteiger partial charge in [0.15, 0.2) is 0 Å². The van der Waals surface area contributed by atoms with Crippen molar-refractivity contribution in [3.8, 4) is 0 Å². The van der Waals surface area contributed by atoms with E-state index in [0.29, 0.717) is 5.56 Å². The van der Waals surface area contributed by atoms with Gasteiger partial charge in [0.1, 0.15) is 27.6 Å². The lowest BCUT2D eigenvalue weighted by Crippen LogP contribution is -2.37. The van der Waals surface area contributed by atoms with E-state index in [4.69, 9.17) is 0 Å². The standard InChI is InChI=1S/C18H14F2N2O3S2/c19-13-8-4-9-14(20)17(13)21-18(23)16(12-6-2-1-3-7-12)22-27(24,25)15-10-5-11-26-15/h1-11,16,22H,(H,21,23). The van der Waals surface area contributed by atoms with Crippen LogP contribution >= 0.6 is 11.3 Å². The number of benzene rings is 2. The summed E-state index contributed by atoms with van der Waals surface area (Å²) in [6, 6.07) is 12.7. The number of anilines is 1. The molecule has 1 heterocycles. The molecule has 0 aliphatic rings. The van der Waals surface area contributed by atoms with Crippen LogP contribution < -0.4 is 10.0 Å². The number of carbonyl (C=O) groups excluding carboxylic acids is 1. The summed E-state index contributed by atoms with van der Waals surface area (Å²) in [6.45, 7) is 0. The van der Waals surface area contributed by atoms with Gasteiger partial charge in [0.25, 0.3) is 10.0 Å². The van der Waals surface area contributed by atoms with Crippen molar-refractivity contribution in [1.82, 2.24) is 4.72 Å². The number of thiophene rings is 1. The Morgan fingerprint density at radius 3 is 2.19 bits per heavy atom. The Balaban J connectivity index is 1.94. The second-order valence-electron chi connectivity index (χ2n) is 5.48. The Hall–Kier alpha value is -2.62. The topological polar surface area (TPSA) is 75.3 Å². The highest BCUT2D eigenvalue weighted by Gasteiger charge is 2.29. The van der Waals surface area contributed by atoms with Crippen LogP contribution in [0.1, 0.15) is 11.6 Å². The molecule has 0 fully saturated rings. The van der Waals surface area contributed by atoms with Crippen molar-refractivity contribution in [2.45, 2.75) is 10.3 Å². The molecule has 1 atom stereocenters. The lowest BCUT2D eigenvalue weighted by molar-refractivity contribution is -0.117. The van der Waals surface area contributed by atoms with E-state index in [1.807, 2.05) is 0 Å². The van der Waals surface area contributed by atoms with Crippen LogP contribution in [0.5, 0.6) is 0 Å². The summed E-state index contributed by atoms with van der Waals surface area (Å²) < 4.78 is 55.1. The van der Waals surface area contributed by atoms with Crippen LogP contribution in [0.4, 0.5) is 14.5 Å². The van der Waals surface area contributed by atoms with Crippen LogP contribution in [0.3, 0.4) is 0 Å². The van der Waals surface area contributed by atoms with Crippen LogP contribution in [0.2, 0.25) is 0 Å². The number of carbonyl (C=O) groups is 1. The monoisotopic (exact) mass is 408 g/mol. The van der Waals surface area contributed by atoms with E-state index in [2.05, 4.69) is 10.0 Å². The van der Waals surface area contributed by atoms with Crippen LogP contribution in [-0.4, -0.2) is 14.3 Å². The van der Waals surface area contributed by atoms with Crippen LogP contribution in [0, 0.1) is 11.6 Å². The molecular formula is C18H14F2N2O3S2. The van der Waals surface area contributed by atoms with E-state index >= 15 is 0 Å². The predicted octanol–water partition coefficient (Wildman–Crippen LogP) is 3.68. The van der Waals surface area contributed by atoms with Gasteiger partial charge in [-0.1, -0.05) is 42.5 Å². The molecule has 0 spiro atoms. The molecule has 140 valence electrons. The first-order chi connectivity index (χ1) is 12.9. The molecule has 0 aliphatic carbocycles. The number of rotatable bonds is 6. The molecule has 0 saturated carbocycles. The first-order valence-electron chi connectivity index (χ1n) is 7.74. The molecule has 0 radical (unpaired) electrons. The molecule has 0 bridgehead atoms. The van der Waals surface area contributed by atoms with Gasteiger partial charge in [0, 0.05) is 0 Å². The minimum atomic E-state index is -4.00. The Labute approximate surface area is 158 Å². The number of nitrogens with one attached hydrogen (secondary N) is 2. The van der Waals surface area contributed by atoms with Gasteiger partial charge < -0.3 is 5.32 Å². The number of halogens is 2. The van der Waals surface area contributed by atoms with Crippen LogP contribution in [0.25, 0.3) is 0 Å². The van der Waals surface area contributed by atoms with Gasteiger partial charge in [0.05, 0.1) is 0 Å². The Kier molecular flexibility index (Phi) is 5.64. The lowest BCUT2D eigenvalue weighted by atomic mass is 10.1. The molecule has 3 aromatic rings. The molecule has 0 aliphatic heterocycles. The summed E-state index contributed by atoms with van der Waals surface area (Å²) in [4.78, 5) is 12.7. The van der Waals surface area contributed by atoms with Crippen molar-refractivity contribution in [3.63, 3.8) is 0 Å². The van der Waals surface area contributed by atoms with Crippen molar-refractivity contribution in [1.29, 1.82) is 0 Å². The molecule has 1 unspecified atom stereocenters. The zero-order valence-electron chi connectivity index (χ0n) is 13.7. The molecule has 2 N–H and O–H groups in total. The molecule has 5 nitrogen and oxygen atoms in total. The normalized spacial score (nSPS) is 12.5. The summed E-state index contributed by atoms with van der Waals surface area (Å²) in [5.41, 5.74) is -0.314. The maximum atomic E-state index is 13.8. The number of hydrogen-bond donors (Lipinski definition) is 2. The summed E-state index contributed by atoms with van der Waals surface area (Å²) in [5.74, 6) is -2.84. The lowest BCUT2D eigenvalue weighted by Gasteiger charge is -2.19. The van der Waals surface area contributed by atoms with E-state index in [1.54, 1.807) is 41.8 Å². The highest BCUT2D eigenvalue weighted by molar-refractivity contribution is 7.91. The third-order valence-electron chi connectivity index (χ3n) is 3.64. The average molecular weight is 408 g/mol. The van der Waals surface area contributed by atoms with Crippen molar-refractivity contribution >= 4 is 33.0 Å². The second-order valence-corrected chi connectivity index (χ2v) is 8.37. The fourth-order valence-corrected chi connectivity index (χ4v) is 4.55. The van der Waals surface area contributed by atoms with Gasteiger partial charge in [-0.2, -0.15) is 4.72 Å². The first kappa shape index (κ1) is 19.2. The quantitative estimate of drug-likeness (QED) is 0.653. The fraction of sp³-hybridized carbons (Fsp3) is 0.0556. The minimum Gasteiger partial charge on any atom is -0.319 e. The van der Waals surface area contributed by atoms with E-state index in [9.17, 15) is 22.0 Å². The number of amides is 1. The van der Waals surface area contributed by atoms with Crippen molar-refractivity contribution in [2.24, 2.45) is 0 Å². The molecule has 3 rings (SSSR count). The third kappa shape index (κ3) is 4.38. The fourth-order valence-electron chi connectivity index (χ4n) is 2.36. The van der Waals surface area contributed by atoms with Gasteiger partial charge in [0.2, 0.25) is 5.91 Å². The summed E-state index contributed by atoms with van der Waals surface area (Å²) in [7, 11) is -4.00. The Bertz CT molecular complexity index is 1020. The highest BCUT2D eigenvalue weighted by Crippen LogP contribution is 2.24. The van der Waals surface area contributed by atoms with Crippen LogP contribution in [-0.2, 0) is 14.8 Å². The SMILES string of the molecule is O=C(Nc1c(F)cccc1F)C(NS(=O)(=O)c1cccs1)c1ccccc1.